The number of nitrogens with zero attached hydrogens (tertiary/aromatic N) is 2. The first-order valence-electron chi connectivity index (χ1n) is 5.87. The first-order valence-corrected chi connectivity index (χ1v) is 5.87. The number of benzene rings is 1. The molecule has 1 aromatic heterocycles. The summed E-state index contributed by atoms with van der Waals surface area (Å²) in [4.78, 5) is 7.97. The van der Waals surface area contributed by atoms with Crippen molar-refractivity contribution in [1.82, 2.24) is 9.97 Å². The van der Waals surface area contributed by atoms with Gasteiger partial charge in [0.2, 0.25) is 11.8 Å². The zero-order valence-corrected chi connectivity index (χ0v) is 10.6. The Hall–Kier alpha value is -2.50. The number of hydrogen-bond acceptors (Lipinski definition) is 6. The maximum Gasteiger partial charge on any atom is 0.225 e. The SMILES string of the molecule is COc1cc(NCCc2ccc(O)cc2)nc(N)n1. The molecule has 0 saturated carbocycles. The van der Waals surface area contributed by atoms with Crippen LogP contribution in [0, 0.1) is 0 Å². The number of rotatable bonds is 5. The number of ether oxygens (including phenoxy) is 1. The van der Waals surface area contributed by atoms with Gasteiger partial charge in [0, 0.05) is 12.6 Å². The van der Waals surface area contributed by atoms with Crippen molar-refractivity contribution < 1.29 is 9.84 Å². The highest BCUT2D eigenvalue weighted by atomic mass is 16.5. The number of anilines is 2. The van der Waals surface area contributed by atoms with Crippen LogP contribution >= 0.6 is 0 Å². The van der Waals surface area contributed by atoms with Gasteiger partial charge in [-0.3, -0.25) is 0 Å². The molecule has 4 N–H and O–H groups in total. The van der Waals surface area contributed by atoms with Crippen molar-refractivity contribution in [3.8, 4) is 11.6 Å². The van der Waals surface area contributed by atoms with Gasteiger partial charge < -0.3 is 20.9 Å². The van der Waals surface area contributed by atoms with E-state index in [1.807, 2.05) is 12.1 Å². The maximum absolute atomic E-state index is 9.19. The van der Waals surface area contributed by atoms with Gasteiger partial charge in [0.15, 0.2) is 0 Å². The number of nitrogens with two attached hydrogens (primary N) is 1. The molecule has 0 radical (unpaired) electrons. The number of phenols is 1. The quantitative estimate of drug-likeness (QED) is 0.753. The molecular weight excluding hydrogens is 244 g/mol. The van der Waals surface area contributed by atoms with E-state index in [0.29, 0.717) is 18.2 Å². The number of nitrogen functional groups attached to an aromatic ring is 1. The smallest absolute Gasteiger partial charge is 0.225 e. The molecule has 0 spiro atoms. The van der Waals surface area contributed by atoms with Crippen molar-refractivity contribution in [2.75, 3.05) is 24.7 Å². The topological polar surface area (TPSA) is 93.3 Å². The molecule has 0 aliphatic rings. The van der Waals surface area contributed by atoms with Crippen LogP contribution in [0.2, 0.25) is 0 Å². The molecule has 6 nitrogen and oxygen atoms in total. The van der Waals surface area contributed by atoms with Crippen LogP contribution in [0.4, 0.5) is 11.8 Å². The van der Waals surface area contributed by atoms with E-state index in [4.69, 9.17) is 10.5 Å². The lowest BCUT2D eigenvalue weighted by molar-refractivity contribution is 0.398. The molecule has 1 heterocycles. The van der Waals surface area contributed by atoms with Crippen LogP contribution in [0.25, 0.3) is 0 Å². The summed E-state index contributed by atoms with van der Waals surface area (Å²) in [7, 11) is 1.53. The van der Waals surface area contributed by atoms with Crippen molar-refractivity contribution in [1.29, 1.82) is 0 Å². The first kappa shape index (κ1) is 12.9. The van der Waals surface area contributed by atoms with Gasteiger partial charge in [-0.1, -0.05) is 12.1 Å². The minimum Gasteiger partial charge on any atom is -0.508 e. The van der Waals surface area contributed by atoms with E-state index >= 15 is 0 Å². The Balaban J connectivity index is 1.92. The number of aromatic hydroxyl groups is 1. The molecule has 2 aromatic rings. The highest BCUT2D eigenvalue weighted by Gasteiger charge is 2.02. The Morgan fingerprint density at radius 1 is 1.26 bits per heavy atom. The summed E-state index contributed by atoms with van der Waals surface area (Å²) in [5.41, 5.74) is 6.69. The van der Waals surface area contributed by atoms with Crippen LogP contribution < -0.4 is 15.8 Å². The van der Waals surface area contributed by atoms with Crippen LogP contribution in [0.5, 0.6) is 11.6 Å². The average Bonchev–Trinajstić information content (AvgIpc) is 2.40. The summed E-state index contributed by atoms with van der Waals surface area (Å²) in [6, 6.07) is 8.78. The highest BCUT2D eigenvalue weighted by molar-refractivity contribution is 5.42. The molecular formula is C13H16N4O2. The average molecular weight is 260 g/mol. The van der Waals surface area contributed by atoms with Gasteiger partial charge in [0.25, 0.3) is 0 Å². The van der Waals surface area contributed by atoms with Gasteiger partial charge in [-0.2, -0.15) is 9.97 Å². The molecule has 100 valence electrons. The maximum atomic E-state index is 9.19. The van der Waals surface area contributed by atoms with Crippen molar-refractivity contribution in [3.63, 3.8) is 0 Å². The van der Waals surface area contributed by atoms with Gasteiger partial charge in [-0.05, 0) is 24.1 Å². The fourth-order valence-electron chi connectivity index (χ4n) is 1.64. The lowest BCUT2D eigenvalue weighted by Gasteiger charge is -2.07. The van der Waals surface area contributed by atoms with Crippen molar-refractivity contribution in [2.45, 2.75) is 6.42 Å². The number of nitrogens with one attached hydrogen (secondary N) is 1. The Labute approximate surface area is 111 Å². The van der Waals surface area contributed by atoms with E-state index < -0.39 is 0 Å². The third-order valence-electron chi connectivity index (χ3n) is 2.59. The van der Waals surface area contributed by atoms with E-state index in [-0.39, 0.29) is 11.7 Å². The fourth-order valence-corrected chi connectivity index (χ4v) is 1.64. The van der Waals surface area contributed by atoms with E-state index in [1.54, 1.807) is 18.2 Å². The Morgan fingerprint density at radius 3 is 2.68 bits per heavy atom. The van der Waals surface area contributed by atoms with E-state index in [2.05, 4.69) is 15.3 Å². The van der Waals surface area contributed by atoms with Crippen molar-refractivity contribution in [3.05, 3.63) is 35.9 Å². The number of aromatic nitrogens is 2. The van der Waals surface area contributed by atoms with Gasteiger partial charge in [-0.15, -0.1) is 0 Å². The normalized spacial score (nSPS) is 10.2. The Morgan fingerprint density at radius 2 is 2.00 bits per heavy atom. The number of methoxy groups -OCH3 is 1. The minimum absolute atomic E-state index is 0.173. The van der Waals surface area contributed by atoms with Crippen LogP contribution in [0.3, 0.4) is 0 Å². The summed E-state index contributed by atoms with van der Waals surface area (Å²) < 4.78 is 5.01. The predicted octanol–water partition coefficient (Wildman–Crippen LogP) is 1.43. The van der Waals surface area contributed by atoms with Crippen LogP contribution in [-0.4, -0.2) is 28.7 Å². The molecule has 1 aromatic carbocycles. The molecule has 0 amide bonds. The van der Waals surface area contributed by atoms with Gasteiger partial charge in [0.1, 0.15) is 11.6 Å². The van der Waals surface area contributed by atoms with Crippen molar-refractivity contribution >= 4 is 11.8 Å². The van der Waals surface area contributed by atoms with Gasteiger partial charge >= 0.3 is 0 Å². The minimum atomic E-state index is 0.173. The van der Waals surface area contributed by atoms with Crippen molar-refractivity contribution in [2.24, 2.45) is 0 Å². The summed E-state index contributed by atoms with van der Waals surface area (Å²) in [5.74, 6) is 1.50. The molecule has 0 saturated heterocycles. The predicted molar refractivity (Wildman–Crippen MR) is 73.3 cm³/mol. The van der Waals surface area contributed by atoms with E-state index in [0.717, 1.165) is 12.0 Å². The molecule has 0 aliphatic carbocycles. The highest BCUT2D eigenvalue weighted by Crippen LogP contribution is 2.14. The third-order valence-corrected chi connectivity index (χ3v) is 2.59. The Kier molecular flexibility index (Phi) is 4.02. The van der Waals surface area contributed by atoms with E-state index in [1.165, 1.54) is 7.11 Å². The first-order chi connectivity index (χ1) is 9.17. The summed E-state index contributed by atoms with van der Waals surface area (Å²) in [5, 5.41) is 12.3. The standard InChI is InChI=1S/C13H16N4O2/c1-19-12-8-11(16-13(14)17-12)15-7-6-9-2-4-10(18)5-3-9/h2-5,8,18H,6-7H2,1H3,(H3,14,15,16,17). The molecule has 6 heteroatoms. The second-order valence-corrected chi connectivity index (χ2v) is 4.00. The third kappa shape index (κ3) is 3.74. The fraction of sp³-hybridized carbons (Fsp3) is 0.231. The summed E-state index contributed by atoms with van der Waals surface area (Å²) >= 11 is 0. The summed E-state index contributed by atoms with van der Waals surface area (Å²) in [6.07, 6.45) is 0.812. The number of hydrogen-bond donors (Lipinski definition) is 3. The monoisotopic (exact) mass is 260 g/mol. The largest absolute Gasteiger partial charge is 0.508 e. The second-order valence-electron chi connectivity index (χ2n) is 4.00. The molecule has 2 rings (SSSR count). The molecule has 0 fully saturated rings. The van der Waals surface area contributed by atoms with Crippen LogP contribution in [-0.2, 0) is 6.42 Å². The molecule has 0 atom stereocenters. The molecule has 19 heavy (non-hydrogen) atoms. The molecule has 0 aliphatic heterocycles. The van der Waals surface area contributed by atoms with Gasteiger partial charge in [-0.25, -0.2) is 0 Å². The zero-order chi connectivity index (χ0) is 13.7. The van der Waals surface area contributed by atoms with Gasteiger partial charge in [0.05, 0.1) is 7.11 Å². The number of phenolic OH excluding ortho intramolecular Hbond substituents is 1. The lowest BCUT2D eigenvalue weighted by atomic mass is 10.1. The summed E-state index contributed by atoms with van der Waals surface area (Å²) in [6.45, 7) is 0.699. The second kappa shape index (κ2) is 5.90. The zero-order valence-electron chi connectivity index (χ0n) is 10.6. The molecule has 0 bridgehead atoms. The van der Waals surface area contributed by atoms with Crippen LogP contribution in [0.1, 0.15) is 5.56 Å². The molecule has 0 unspecified atom stereocenters. The van der Waals surface area contributed by atoms with E-state index in [9.17, 15) is 5.11 Å². The van der Waals surface area contributed by atoms with Crippen LogP contribution in [0.15, 0.2) is 30.3 Å². The Bertz CT molecular complexity index is 543. The lowest BCUT2D eigenvalue weighted by Crippen LogP contribution is -2.08.